The number of imide groups is 1. The van der Waals surface area contributed by atoms with E-state index in [-0.39, 0.29) is 11.8 Å². The summed E-state index contributed by atoms with van der Waals surface area (Å²) >= 11 is 0. The van der Waals surface area contributed by atoms with Crippen molar-refractivity contribution in [2.45, 2.75) is 60.3 Å². The summed E-state index contributed by atoms with van der Waals surface area (Å²) in [6.07, 6.45) is 4.08. The minimum absolute atomic E-state index is 0.127. The van der Waals surface area contributed by atoms with Crippen LogP contribution in [0.1, 0.15) is 65.9 Å². The van der Waals surface area contributed by atoms with Crippen LogP contribution >= 0.6 is 0 Å². The van der Waals surface area contributed by atoms with Gasteiger partial charge in [0.2, 0.25) is 0 Å². The second-order valence-corrected chi connectivity index (χ2v) is 9.77. The van der Waals surface area contributed by atoms with E-state index >= 15 is 0 Å². The fourth-order valence-corrected chi connectivity index (χ4v) is 4.67. The predicted molar refractivity (Wildman–Crippen MR) is 124 cm³/mol. The van der Waals surface area contributed by atoms with E-state index in [4.69, 9.17) is 4.74 Å². The largest absolute Gasteiger partial charge is 0.493 e. The van der Waals surface area contributed by atoms with Gasteiger partial charge in [0, 0.05) is 19.6 Å². The van der Waals surface area contributed by atoms with Gasteiger partial charge in [-0.1, -0.05) is 59.6 Å². The Kier molecular flexibility index (Phi) is 7.79. The summed E-state index contributed by atoms with van der Waals surface area (Å²) in [7, 11) is 0. The first-order valence-electron chi connectivity index (χ1n) is 11.9. The van der Waals surface area contributed by atoms with Gasteiger partial charge < -0.3 is 9.64 Å². The van der Waals surface area contributed by atoms with Crippen molar-refractivity contribution in [2.24, 2.45) is 17.8 Å². The average molecular weight is 427 g/mol. The lowest BCUT2D eigenvalue weighted by Crippen LogP contribution is -2.42. The summed E-state index contributed by atoms with van der Waals surface area (Å²) in [6, 6.07) is 7.65. The molecule has 2 unspecified atom stereocenters. The Balaban J connectivity index is 1.93. The number of unbranched alkanes of at least 4 members (excludes halogenated alkanes) is 2. The first-order valence-corrected chi connectivity index (χ1v) is 11.9. The smallest absolute Gasteiger partial charge is 0.277 e. The monoisotopic (exact) mass is 426 g/mol. The number of ether oxygens (including phenoxy) is 1. The fourth-order valence-electron chi connectivity index (χ4n) is 4.67. The molecule has 5 heteroatoms. The first kappa shape index (κ1) is 23.4. The molecular weight excluding hydrogens is 388 g/mol. The highest BCUT2D eigenvalue weighted by molar-refractivity contribution is 6.35. The Labute approximate surface area is 187 Å². The quantitative estimate of drug-likeness (QED) is 0.413. The number of benzene rings is 1. The third-order valence-corrected chi connectivity index (χ3v) is 6.04. The molecule has 0 bridgehead atoms. The number of piperidine rings is 1. The summed E-state index contributed by atoms with van der Waals surface area (Å²) < 4.78 is 5.80. The Morgan fingerprint density at radius 1 is 1.00 bits per heavy atom. The normalized spacial score (nSPS) is 22.1. The zero-order chi connectivity index (χ0) is 22.5. The third kappa shape index (κ3) is 5.50. The van der Waals surface area contributed by atoms with Gasteiger partial charge in [0.25, 0.3) is 11.8 Å². The van der Waals surface area contributed by atoms with Gasteiger partial charge in [-0.3, -0.25) is 14.5 Å². The van der Waals surface area contributed by atoms with E-state index in [0.29, 0.717) is 42.2 Å². The summed E-state index contributed by atoms with van der Waals surface area (Å²) in [5.41, 5.74) is 1.95. The Morgan fingerprint density at radius 2 is 1.65 bits per heavy atom. The molecule has 5 nitrogen and oxygen atoms in total. The highest BCUT2D eigenvalue weighted by atomic mass is 16.5. The number of nitrogens with zero attached hydrogens (tertiary/aromatic N) is 2. The Bertz CT molecular complexity index is 802. The molecule has 170 valence electrons. The van der Waals surface area contributed by atoms with Gasteiger partial charge in [0.1, 0.15) is 11.4 Å². The van der Waals surface area contributed by atoms with Gasteiger partial charge in [0.15, 0.2) is 0 Å². The number of carbonyl (C=O) groups excluding carboxylic acids is 2. The van der Waals surface area contributed by atoms with Crippen molar-refractivity contribution in [3.05, 3.63) is 35.5 Å². The highest BCUT2D eigenvalue weighted by Gasteiger charge is 2.42. The molecule has 2 aliphatic rings. The van der Waals surface area contributed by atoms with Crippen LogP contribution in [-0.2, 0) is 9.59 Å². The summed E-state index contributed by atoms with van der Waals surface area (Å²) in [5.74, 6) is 1.96. The summed E-state index contributed by atoms with van der Waals surface area (Å²) in [6.45, 7) is 13.6. The number of rotatable bonds is 9. The fraction of sp³-hybridized carbons (Fsp3) is 0.615. The van der Waals surface area contributed by atoms with E-state index in [1.165, 1.54) is 4.90 Å². The molecule has 0 saturated carbocycles. The van der Waals surface area contributed by atoms with Gasteiger partial charge in [-0.25, -0.2) is 0 Å². The number of hydrogen-bond donors (Lipinski definition) is 0. The van der Waals surface area contributed by atoms with E-state index in [2.05, 4.69) is 39.5 Å². The molecular formula is C26H38N2O3. The van der Waals surface area contributed by atoms with Crippen LogP contribution in [0.3, 0.4) is 0 Å². The lowest BCUT2D eigenvalue weighted by molar-refractivity contribution is -0.137. The van der Waals surface area contributed by atoms with Crippen molar-refractivity contribution < 1.29 is 14.3 Å². The molecule has 2 atom stereocenters. The molecule has 0 N–H and O–H groups in total. The standard InChI is InChI=1S/C26H38N2O3/c1-6-7-8-13-28-25(29)23(21-9-11-22(12-10-21)31-17-18(2)3)24(26(28)30)27-15-19(4)14-20(5)16-27/h9-12,18-20H,6-8,13-17H2,1-5H3. The highest BCUT2D eigenvalue weighted by Crippen LogP contribution is 2.35. The van der Waals surface area contributed by atoms with Crippen LogP contribution in [0.2, 0.25) is 0 Å². The third-order valence-electron chi connectivity index (χ3n) is 6.04. The SMILES string of the molecule is CCCCCN1C(=O)C(c2ccc(OCC(C)C)cc2)=C(N2CC(C)CC(C)C2)C1=O. The number of amides is 2. The zero-order valence-corrected chi connectivity index (χ0v) is 19.8. The number of carbonyl (C=O) groups is 2. The maximum absolute atomic E-state index is 13.4. The predicted octanol–water partition coefficient (Wildman–Crippen LogP) is 4.97. The minimum Gasteiger partial charge on any atom is -0.493 e. The lowest BCUT2D eigenvalue weighted by atomic mass is 9.91. The van der Waals surface area contributed by atoms with E-state index in [9.17, 15) is 9.59 Å². The van der Waals surface area contributed by atoms with Crippen molar-refractivity contribution in [3.8, 4) is 5.75 Å². The molecule has 2 aliphatic heterocycles. The molecule has 3 rings (SSSR count). The number of hydrogen-bond acceptors (Lipinski definition) is 4. The zero-order valence-electron chi connectivity index (χ0n) is 19.8. The van der Waals surface area contributed by atoms with Crippen LogP contribution in [0, 0.1) is 17.8 Å². The maximum Gasteiger partial charge on any atom is 0.277 e. The summed E-state index contributed by atoms with van der Waals surface area (Å²) in [4.78, 5) is 30.5. The molecule has 0 spiro atoms. The van der Waals surface area contributed by atoms with E-state index in [1.807, 2.05) is 24.3 Å². The molecule has 1 aromatic carbocycles. The Hall–Kier alpha value is -2.30. The van der Waals surface area contributed by atoms with Crippen LogP contribution in [0.4, 0.5) is 0 Å². The van der Waals surface area contributed by atoms with Crippen LogP contribution in [-0.4, -0.2) is 47.9 Å². The van der Waals surface area contributed by atoms with E-state index < -0.39 is 0 Å². The summed E-state index contributed by atoms with van der Waals surface area (Å²) in [5, 5.41) is 0. The van der Waals surface area contributed by atoms with E-state index in [0.717, 1.165) is 50.1 Å². The second kappa shape index (κ2) is 10.3. The first-order chi connectivity index (χ1) is 14.8. The Morgan fingerprint density at radius 3 is 2.23 bits per heavy atom. The molecule has 1 fully saturated rings. The van der Waals surface area contributed by atoms with Crippen LogP contribution < -0.4 is 4.74 Å². The molecule has 1 aromatic rings. The van der Waals surface area contributed by atoms with Crippen LogP contribution in [0.5, 0.6) is 5.75 Å². The second-order valence-electron chi connectivity index (χ2n) is 9.77. The lowest BCUT2D eigenvalue weighted by Gasteiger charge is -2.37. The molecule has 0 aliphatic carbocycles. The van der Waals surface area contributed by atoms with Crippen LogP contribution in [0.15, 0.2) is 30.0 Å². The molecule has 2 heterocycles. The van der Waals surface area contributed by atoms with Gasteiger partial charge >= 0.3 is 0 Å². The van der Waals surface area contributed by atoms with Crippen molar-refractivity contribution >= 4 is 17.4 Å². The maximum atomic E-state index is 13.4. The van der Waals surface area contributed by atoms with E-state index in [1.54, 1.807) is 0 Å². The molecule has 2 amide bonds. The molecule has 1 saturated heterocycles. The van der Waals surface area contributed by atoms with Gasteiger partial charge in [-0.05, 0) is 48.3 Å². The number of likely N-dealkylation sites (tertiary alicyclic amines) is 1. The van der Waals surface area contributed by atoms with Crippen molar-refractivity contribution in [3.63, 3.8) is 0 Å². The van der Waals surface area contributed by atoms with Crippen LogP contribution in [0.25, 0.3) is 5.57 Å². The molecule has 0 aromatic heterocycles. The molecule has 0 radical (unpaired) electrons. The topological polar surface area (TPSA) is 49.9 Å². The van der Waals surface area contributed by atoms with Gasteiger partial charge in [0.05, 0.1) is 12.2 Å². The van der Waals surface area contributed by atoms with Crippen molar-refractivity contribution in [1.82, 2.24) is 9.80 Å². The van der Waals surface area contributed by atoms with Crippen molar-refractivity contribution in [1.29, 1.82) is 0 Å². The van der Waals surface area contributed by atoms with Crippen molar-refractivity contribution in [2.75, 3.05) is 26.2 Å². The average Bonchev–Trinajstić information content (AvgIpc) is 2.96. The molecule has 31 heavy (non-hydrogen) atoms. The van der Waals surface area contributed by atoms with Gasteiger partial charge in [-0.15, -0.1) is 0 Å². The van der Waals surface area contributed by atoms with Gasteiger partial charge in [-0.2, -0.15) is 0 Å². The minimum atomic E-state index is -0.155.